The first-order valence-electron chi connectivity index (χ1n) is 14.5. The van der Waals surface area contributed by atoms with Gasteiger partial charge in [-0.2, -0.15) is 0 Å². The van der Waals surface area contributed by atoms with Gasteiger partial charge in [0, 0.05) is 30.6 Å². The summed E-state index contributed by atoms with van der Waals surface area (Å²) in [6.45, 7) is 15.7. The van der Waals surface area contributed by atoms with E-state index in [1.807, 2.05) is 0 Å². The van der Waals surface area contributed by atoms with E-state index >= 15 is 0 Å². The summed E-state index contributed by atoms with van der Waals surface area (Å²) in [4.78, 5) is 13.5. The van der Waals surface area contributed by atoms with Crippen molar-refractivity contribution in [2.45, 2.75) is 123 Å². The lowest BCUT2D eigenvalue weighted by Crippen LogP contribution is -2.72. The molecule has 0 aromatic heterocycles. The van der Waals surface area contributed by atoms with Gasteiger partial charge in [-0.15, -0.1) is 0 Å². The van der Waals surface area contributed by atoms with Crippen LogP contribution in [0.5, 0.6) is 0 Å². The number of aliphatic hydroxyl groups is 3. The molecule has 2 saturated heterocycles. The van der Waals surface area contributed by atoms with Crippen molar-refractivity contribution in [2.24, 2.45) is 56.7 Å². The van der Waals surface area contributed by atoms with Gasteiger partial charge in [0.25, 0.3) is 0 Å². The van der Waals surface area contributed by atoms with Gasteiger partial charge in [-0.1, -0.05) is 41.5 Å². The predicted molar refractivity (Wildman–Crippen MR) is 132 cm³/mol. The Morgan fingerprint density at radius 1 is 0.861 bits per heavy atom. The number of carbonyl (C=O) groups is 1. The molecule has 7 aliphatic rings. The zero-order chi connectivity index (χ0) is 26.1. The van der Waals surface area contributed by atoms with Crippen molar-refractivity contribution < 1.29 is 29.6 Å². The second-order valence-corrected chi connectivity index (χ2v) is 15.9. The van der Waals surface area contributed by atoms with Crippen molar-refractivity contribution in [3.63, 3.8) is 0 Å². The van der Waals surface area contributed by atoms with Gasteiger partial charge >= 0.3 is 5.97 Å². The number of aliphatic hydroxyl groups excluding tert-OH is 2. The fourth-order valence-corrected chi connectivity index (χ4v) is 12.8. The largest absolute Gasteiger partial charge is 0.462 e. The third-order valence-corrected chi connectivity index (χ3v) is 14.7. The van der Waals surface area contributed by atoms with Gasteiger partial charge in [-0.3, -0.25) is 4.79 Å². The van der Waals surface area contributed by atoms with Crippen molar-refractivity contribution in [1.82, 2.24) is 0 Å². The van der Waals surface area contributed by atoms with Gasteiger partial charge in [0.15, 0.2) is 5.79 Å². The minimum Gasteiger partial charge on any atom is -0.462 e. The van der Waals surface area contributed by atoms with E-state index in [1.165, 1.54) is 0 Å². The van der Waals surface area contributed by atoms with E-state index in [0.717, 1.165) is 32.1 Å². The van der Waals surface area contributed by atoms with Crippen molar-refractivity contribution in [3.05, 3.63) is 0 Å². The minimum atomic E-state index is -1.30. The molecule has 6 nitrogen and oxygen atoms in total. The van der Waals surface area contributed by atoms with Crippen molar-refractivity contribution >= 4 is 5.97 Å². The average molecular weight is 503 g/mol. The topological polar surface area (TPSA) is 96.2 Å². The zero-order valence-electron chi connectivity index (χ0n) is 23.1. The Hall–Kier alpha value is -0.690. The highest BCUT2D eigenvalue weighted by Crippen LogP contribution is 2.82. The first-order chi connectivity index (χ1) is 16.5. The van der Waals surface area contributed by atoms with E-state index in [1.54, 1.807) is 0 Å². The Labute approximate surface area is 215 Å². The molecular weight excluding hydrogens is 456 g/mol. The third-order valence-electron chi connectivity index (χ3n) is 14.7. The number of hydrogen-bond acceptors (Lipinski definition) is 6. The Morgan fingerprint density at radius 3 is 2.25 bits per heavy atom. The molecule has 2 aliphatic heterocycles. The lowest BCUT2D eigenvalue weighted by Gasteiger charge is -2.73. The van der Waals surface area contributed by atoms with Crippen molar-refractivity contribution in [2.75, 3.05) is 0 Å². The van der Waals surface area contributed by atoms with Crippen molar-refractivity contribution in [1.29, 1.82) is 0 Å². The number of ether oxygens (including phenoxy) is 2. The fourth-order valence-electron chi connectivity index (χ4n) is 12.8. The van der Waals surface area contributed by atoms with Crippen LogP contribution in [-0.2, 0) is 14.3 Å². The molecule has 7 fully saturated rings. The minimum absolute atomic E-state index is 0.0304. The van der Waals surface area contributed by atoms with Crippen LogP contribution in [0.4, 0.5) is 0 Å². The molecule has 5 saturated carbocycles. The highest BCUT2D eigenvalue weighted by molar-refractivity contribution is 5.81. The highest BCUT2D eigenvalue weighted by atomic mass is 16.7. The summed E-state index contributed by atoms with van der Waals surface area (Å²) in [5.74, 6) is -1.10. The maximum Gasteiger partial charge on any atom is 0.312 e. The average Bonchev–Trinajstić information content (AvgIpc) is 3.22. The van der Waals surface area contributed by atoms with Gasteiger partial charge in [-0.05, 0) is 72.5 Å². The van der Waals surface area contributed by atoms with Crippen LogP contribution in [0.15, 0.2) is 0 Å². The second-order valence-electron chi connectivity index (χ2n) is 15.9. The first kappa shape index (κ1) is 24.4. The molecule has 14 atom stereocenters. The van der Waals surface area contributed by atoms with E-state index < -0.39 is 34.4 Å². The number of carbonyl (C=O) groups excluding carboxylic acids is 1. The summed E-state index contributed by atoms with van der Waals surface area (Å²) in [7, 11) is 0. The molecular formula is C30H46O6. The molecule has 5 aliphatic carbocycles. The van der Waals surface area contributed by atoms with Crippen LogP contribution < -0.4 is 0 Å². The van der Waals surface area contributed by atoms with Crippen LogP contribution in [0.3, 0.4) is 0 Å². The SMILES string of the molecule is C[C@@H]1[C@@H]2C[C@@]3(CC[C@]4(C)[C@@H]5[C@@H]3[C@]1(C)O[C@]5(O)C[C@@H]1[C@@]3(C)C[C@@H](O)[C@@H](O)C(C)(C)[C@@H]3CC[C@]14C)C(=O)O2. The van der Waals surface area contributed by atoms with Crippen LogP contribution in [0, 0.1) is 56.7 Å². The summed E-state index contributed by atoms with van der Waals surface area (Å²) in [5, 5.41) is 34.7. The second kappa shape index (κ2) is 6.37. The molecule has 3 N–H and O–H groups in total. The lowest BCUT2D eigenvalue weighted by atomic mass is 9.30. The summed E-state index contributed by atoms with van der Waals surface area (Å²) in [6, 6.07) is 0. The van der Waals surface area contributed by atoms with E-state index in [2.05, 4.69) is 48.5 Å². The maximum absolute atomic E-state index is 13.5. The molecule has 0 aromatic rings. The molecule has 0 aromatic carbocycles. The molecule has 36 heavy (non-hydrogen) atoms. The summed E-state index contributed by atoms with van der Waals surface area (Å²) in [6.07, 6.45) is 3.93. The van der Waals surface area contributed by atoms with Crippen LogP contribution in [0.2, 0.25) is 0 Å². The van der Waals surface area contributed by atoms with Crippen LogP contribution >= 0.6 is 0 Å². The van der Waals surface area contributed by atoms with Crippen LogP contribution in [-0.4, -0.2) is 51.0 Å². The molecule has 6 heteroatoms. The molecule has 0 amide bonds. The molecule has 2 bridgehead atoms. The third kappa shape index (κ3) is 2.25. The van der Waals surface area contributed by atoms with E-state index in [4.69, 9.17) is 9.47 Å². The van der Waals surface area contributed by atoms with Crippen LogP contribution in [0.1, 0.15) is 93.4 Å². The summed E-state index contributed by atoms with van der Waals surface area (Å²) >= 11 is 0. The normalized spacial score (nSPS) is 66.3. The number of esters is 1. The van der Waals surface area contributed by atoms with Gasteiger partial charge in [0.1, 0.15) is 6.10 Å². The van der Waals surface area contributed by atoms with Gasteiger partial charge in [0.05, 0.1) is 23.2 Å². The number of hydrogen-bond donors (Lipinski definition) is 3. The zero-order valence-corrected chi connectivity index (χ0v) is 23.1. The van der Waals surface area contributed by atoms with E-state index in [9.17, 15) is 20.1 Å². The Morgan fingerprint density at radius 2 is 1.56 bits per heavy atom. The summed E-state index contributed by atoms with van der Waals surface area (Å²) < 4.78 is 12.9. The van der Waals surface area contributed by atoms with Gasteiger partial charge in [0.2, 0.25) is 0 Å². The van der Waals surface area contributed by atoms with Gasteiger partial charge < -0.3 is 24.8 Å². The molecule has 0 radical (unpaired) electrons. The number of fused-ring (bicyclic) bond motifs is 5. The molecule has 0 unspecified atom stereocenters. The maximum atomic E-state index is 13.5. The standard InChI is InChI=1S/C30H46O6/c1-15-17-13-29(23(33)35-17)11-10-27(6)20-21(29)28(15,7)36-30(20,34)14-19-25(4)12-16(31)22(32)24(2,3)18(25)8-9-26(19,27)5/h15-22,31-32,34H,8-14H2,1-7H3/t15-,16-,17+,18+,19-,20+,21-,22-,25+,26-,27-,28-,29-,30-/m1/s1. The summed E-state index contributed by atoms with van der Waals surface area (Å²) in [5.41, 5.74) is -2.05. The van der Waals surface area contributed by atoms with Gasteiger partial charge in [-0.25, -0.2) is 0 Å². The van der Waals surface area contributed by atoms with E-state index in [-0.39, 0.29) is 57.9 Å². The predicted octanol–water partition coefficient (Wildman–Crippen LogP) is 4.04. The quantitative estimate of drug-likeness (QED) is 0.433. The Bertz CT molecular complexity index is 1040. The van der Waals surface area contributed by atoms with Crippen molar-refractivity contribution in [3.8, 4) is 0 Å². The fraction of sp³-hybridized carbons (Fsp3) is 0.967. The monoisotopic (exact) mass is 502 g/mol. The number of rotatable bonds is 0. The smallest absolute Gasteiger partial charge is 0.312 e. The van der Waals surface area contributed by atoms with Crippen LogP contribution in [0.25, 0.3) is 0 Å². The lowest BCUT2D eigenvalue weighted by molar-refractivity contribution is -0.338. The first-order valence-corrected chi connectivity index (χ1v) is 14.5. The molecule has 7 rings (SSSR count). The highest BCUT2D eigenvalue weighted by Gasteiger charge is 2.84. The Kier molecular flexibility index (Phi) is 4.31. The Balaban J connectivity index is 1.40. The molecule has 202 valence electrons. The van der Waals surface area contributed by atoms with E-state index in [0.29, 0.717) is 12.8 Å². The molecule has 2 heterocycles. The molecule has 1 spiro atoms.